The topological polar surface area (TPSA) is 54.5 Å². The second kappa shape index (κ2) is 6.19. The zero-order valence-corrected chi connectivity index (χ0v) is 14.6. The highest BCUT2D eigenvalue weighted by Crippen LogP contribution is 2.37. The first-order valence-corrected chi connectivity index (χ1v) is 8.59. The van der Waals surface area contributed by atoms with Gasteiger partial charge in [0.2, 0.25) is 0 Å². The van der Waals surface area contributed by atoms with Crippen molar-refractivity contribution in [1.82, 2.24) is 9.88 Å². The van der Waals surface area contributed by atoms with Crippen LogP contribution in [0.4, 0.5) is 10.5 Å². The van der Waals surface area contributed by atoms with Crippen molar-refractivity contribution < 1.29 is 9.53 Å². The van der Waals surface area contributed by atoms with E-state index in [4.69, 9.17) is 16.3 Å². The fraction of sp³-hybridized carbons (Fsp3) is 0.647. The van der Waals surface area contributed by atoms with Crippen LogP contribution in [0, 0.1) is 0 Å². The molecule has 2 unspecified atom stereocenters. The minimum Gasteiger partial charge on any atom is -0.444 e. The predicted octanol–water partition coefficient (Wildman–Crippen LogP) is 4.08. The van der Waals surface area contributed by atoms with Crippen molar-refractivity contribution in [1.29, 1.82) is 0 Å². The number of nitrogens with zero attached hydrogens (tertiary/aromatic N) is 2. The van der Waals surface area contributed by atoms with Crippen molar-refractivity contribution in [2.45, 2.75) is 70.2 Å². The van der Waals surface area contributed by atoms with Crippen molar-refractivity contribution in [3.05, 3.63) is 23.5 Å². The van der Waals surface area contributed by atoms with Crippen molar-refractivity contribution in [3.8, 4) is 0 Å². The van der Waals surface area contributed by atoms with E-state index in [0.717, 1.165) is 31.4 Å². The molecule has 0 radical (unpaired) electrons. The standard InChI is InChI=1S/C17H24ClN3O2/c1-17(2,3)23-16(22)21-13-4-5-14(21)9-12(8-13)20-11-6-7-19-15(18)10-11/h6-7,10,12-14H,4-5,8-9H2,1-3H3,(H,19,20). The van der Waals surface area contributed by atoms with Gasteiger partial charge in [0.25, 0.3) is 0 Å². The summed E-state index contributed by atoms with van der Waals surface area (Å²) in [4.78, 5) is 18.4. The third-order valence-corrected chi connectivity index (χ3v) is 4.64. The summed E-state index contributed by atoms with van der Waals surface area (Å²) in [6.45, 7) is 5.73. The van der Waals surface area contributed by atoms with Gasteiger partial charge in [-0.1, -0.05) is 11.6 Å². The van der Waals surface area contributed by atoms with Crippen LogP contribution in [0.25, 0.3) is 0 Å². The Morgan fingerprint density at radius 1 is 1.35 bits per heavy atom. The summed E-state index contributed by atoms with van der Waals surface area (Å²) in [7, 11) is 0. The molecule has 23 heavy (non-hydrogen) atoms. The number of ether oxygens (including phenoxy) is 1. The van der Waals surface area contributed by atoms with Crippen LogP contribution in [0.2, 0.25) is 5.15 Å². The lowest BCUT2D eigenvalue weighted by molar-refractivity contribution is 0.00684. The number of amides is 1. The Bertz CT molecular complexity index is 573. The summed E-state index contributed by atoms with van der Waals surface area (Å²) < 4.78 is 5.57. The van der Waals surface area contributed by atoms with Crippen molar-refractivity contribution in [2.75, 3.05) is 5.32 Å². The number of carbonyl (C=O) groups is 1. The van der Waals surface area contributed by atoms with E-state index < -0.39 is 5.60 Å². The summed E-state index contributed by atoms with van der Waals surface area (Å²) in [6, 6.07) is 4.64. The first kappa shape index (κ1) is 16.4. The van der Waals surface area contributed by atoms with Gasteiger partial charge in [-0.05, 0) is 58.6 Å². The molecule has 5 nitrogen and oxygen atoms in total. The molecule has 126 valence electrons. The van der Waals surface area contributed by atoms with Crippen molar-refractivity contribution >= 4 is 23.4 Å². The lowest BCUT2D eigenvalue weighted by Gasteiger charge is -2.40. The third-order valence-electron chi connectivity index (χ3n) is 4.43. The second-order valence-electron chi connectivity index (χ2n) is 7.45. The molecule has 1 aromatic heterocycles. The molecule has 2 aliphatic heterocycles. The smallest absolute Gasteiger partial charge is 0.410 e. The first-order valence-electron chi connectivity index (χ1n) is 8.21. The Balaban J connectivity index is 1.64. The van der Waals surface area contributed by atoms with Crippen LogP contribution in [-0.4, -0.2) is 39.7 Å². The predicted molar refractivity (Wildman–Crippen MR) is 90.8 cm³/mol. The number of nitrogens with one attached hydrogen (secondary N) is 1. The molecule has 2 atom stereocenters. The summed E-state index contributed by atoms with van der Waals surface area (Å²) in [5, 5.41) is 4.02. The van der Waals surface area contributed by atoms with E-state index in [1.54, 1.807) is 6.20 Å². The number of anilines is 1. The van der Waals surface area contributed by atoms with Gasteiger partial charge in [-0.3, -0.25) is 0 Å². The molecule has 2 aliphatic rings. The Morgan fingerprint density at radius 3 is 2.57 bits per heavy atom. The molecule has 0 aromatic carbocycles. The number of halogens is 1. The van der Waals surface area contributed by atoms with E-state index in [1.807, 2.05) is 37.8 Å². The van der Waals surface area contributed by atoms with Crippen molar-refractivity contribution in [2.24, 2.45) is 0 Å². The Hall–Kier alpha value is -1.49. The van der Waals surface area contributed by atoms with Crippen LogP contribution in [0.5, 0.6) is 0 Å². The Morgan fingerprint density at radius 2 is 2.00 bits per heavy atom. The summed E-state index contributed by atoms with van der Waals surface area (Å²) in [5.41, 5.74) is 0.541. The molecular weight excluding hydrogens is 314 g/mol. The summed E-state index contributed by atoms with van der Waals surface area (Å²) in [5.74, 6) is 0. The summed E-state index contributed by atoms with van der Waals surface area (Å²) >= 11 is 5.94. The lowest BCUT2D eigenvalue weighted by atomic mass is 9.97. The fourth-order valence-electron chi connectivity index (χ4n) is 3.64. The quantitative estimate of drug-likeness (QED) is 0.826. The normalized spacial score (nSPS) is 27.0. The van der Waals surface area contributed by atoms with E-state index in [1.165, 1.54) is 0 Å². The molecule has 1 aromatic rings. The largest absolute Gasteiger partial charge is 0.444 e. The molecule has 1 amide bonds. The molecular formula is C17H24ClN3O2. The van der Waals surface area contributed by atoms with E-state index >= 15 is 0 Å². The molecule has 0 aliphatic carbocycles. The highest BCUT2D eigenvalue weighted by atomic mass is 35.5. The first-order chi connectivity index (χ1) is 10.8. The van der Waals surface area contributed by atoms with Crippen molar-refractivity contribution in [3.63, 3.8) is 0 Å². The Kier molecular flexibility index (Phi) is 4.41. The van der Waals surface area contributed by atoms with Crippen LogP contribution in [0.1, 0.15) is 46.5 Å². The van der Waals surface area contributed by atoms with E-state index in [9.17, 15) is 4.79 Å². The van der Waals surface area contributed by atoms with Crippen LogP contribution < -0.4 is 5.32 Å². The molecule has 0 spiro atoms. The molecule has 2 saturated heterocycles. The van der Waals surface area contributed by atoms with E-state index in [2.05, 4.69) is 10.3 Å². The molecule has 2 fully saturated rings. The van der Waals surface area contributed by atoms with E-state index in [-0.39, 0.29) is 18.2 Å². The van der Waals surface area contributed by atoms with Crippen LogP contribution in [-0.2, 0) is 4.74 Å². The number of fused-ring (bicyclic) bond motifs is 2. The lowest BCUT2D eigenvalue weighted by Crippen LogP contribution is -2.51. The SMILES string of the molecule is CC(C)(C)OC(=O)N1C2CCC1CC(Nc1ccnc(Cl)c1)C2. The minimum absolute atomic E-state index is 0.171. The van der Waals surface area contributed by atoms with Gasteiger partial charge in [0.05, 0.1) is 0 Å². The number of carbonyl (C=O) groups excluding carboxylic acids is 1. The van der Waals surface area contributed by atoms with Crippen LogP contribution >= 0.6 is 11.6 Å². The van der Waals surface area contributed by atoms with Gasteiger partial charge in [-0.15, -0.1) is 0 Å². The van der Waals surface area contributed by atoms with Crippen LogP contribution in [0.3, 0.4) is 0 Å². The van der Waals surface area contributed by atoms with Gasteiger partial charge in [0.1, 0.15) is 10.8 Å². The van der Waals surface area contributed by atoms with Gasteiger partial charge < -0.3 is 15.0 Å². The zero-order chi connectivity index (χ0) is 16.6. The zero-order valence-electron chi connectivity index (χ0n) is 13.9. The second-order valence-corrected chi connectivity index (χ2v) is 7.84. The highest BCUT2D eigenvalue weighted by molar-refractivity contribution is 6.29. The molecule has 2 bridgehead atoms. The van der Waals surface area contributed by atoms with Gasteiger partial charge in [0, 0.05) is 30.0 Å². The molecule has 3 rings (SSSR count). The number of hydrogen-bond donors (Lipinski definition) is 1. The number of rotatable bonds is 2. The number of aromatic nitrogens is 1. The maximum absolute atomic E-state index is 12.4. The third kappa shape index (κ3) is 3.89. The van der Waals surface area contributed by atoms with Gasteiger partial charge in [0.15, 0.2) is 0 Å². The highest BCUT2D eigenvalue weighted by Gasteiger charge is 2.44. The average Bonchev–Trinajstić information content (AvgIpc) is 2.69. The number of pyridine rings is 1. The average molecular weight is 338 g/mol. The molecule has 0 saturated carbocycles. The maximum atomic E-state index is 12.4. The van der Waals surface area contributed by atoms with E-state index in [0.29, 0.717) is 11.2 Å². The fourth-order valence-corrected chi connectivity index (χ4v) is 3.81. The summed E-state index contributed by atoms with van der Waals surface area (Å²) in [6.07, 6.45) is 5.52. The molecule has 6 heteroatoms. The van der Waals surface area contributed by atoms with Gasteiger partial charge in [-0.2, -0.15) is 0 Å². The minimum atomic E-state index is -0.445. The number of hydrogen-bond acceptors (Lipinski definition) is 4. The molecule has 1 N–H and O–H groups in total. The maximum Gasteiger partial charge on any atom is 0.410 e. The van der Waals surface area contributed by atoms with Gasteiger partial charge in [-0.25, -0.2) is 9.78 Å². The number of piperidine rings is 1. The van der Waals surface area contributed by atoms with Crippen LogP contribution in [0.15, 0.2) is 18.3 Å². The molecule has 3 heterocycles. The Labute approximate surface area is 142 Å². The van der Waals surface area contributed by atoms with Gasteiger partial charge >= 0.3 is 6.09 Å². The monoisotopic (exact) mass is 337 g/mol.